The van der Waals surface area contributed by atoms with Crippen molar-refractivity contribution >= 4 is 39.5 Å². The van der Waals surface area contributed by atoms with E-state index >= 15 is 0 Å². The molecule has 0 radical (unpaired) electrons. The van der Waals surface area contributed by atoms with Crippen LogP contribution in [0.15, 0.2) is 0 Å². The Hall–Kier alpha value is 0.360. The van der Waals surface area contributed by atoms with Crippen LogP contribution in [0.3, 0.4) is 0 Å². The van der Waals surface area contributed by atoms with E-state index < -0.39 is 21.6 Å². The number of alkyl halides is 1. The SMILES string of the molecule is O=C(Cl)CCC(CCl)S(=O)[O-]. The predicted octanol–water partition coefficient (Wildman–Crippen LogP) is 1.02. The molecule has 0 amide bonds. The van der Waals surface area contributed by atoms with Gasteiger partial charge >= 0.3 is 0 Å². The van der Waals surface area contributed by atoms with Crippen molar-refractivity contribution in [3.8, 4) is 0 Å². The first-order chi connectivity index (χ1) is 5.07. The minimum Gasteiger partial charge on any atom is -0.772 e. The number of halogens is 2. The smallest absolute Gasteiger partial charge is 0.221 e. The van der Waals surface area contributed by atoms with Gasteiger partial charge in [0.15, 0.2) is 0 Å². The third kappa shape index (κ3) is 5.61. The molecule has 11 heavy (non-hydrogen) atoms. The lowest BCUT2D eigenvalue weighted by atomic mass is 10.3. The molecule has 0 saturated heterocycles. The quantitative estimate of drug-likeness (QED) is 0.393. The van der Waals surface area contributed by atoms with E-state index in [1.54, 1.807) is 0 Å². The van der Waals surface area contributed by atoms with Crippen molar-refractivity contribution in [2.24, 2.45) is 0 Å². The molecule has 0 spiro atoms. The van der Waals surface area contributed by atoms with E-state index in [4.69, 9.17) is 23.2 Å². The molecule has 0 fully saturated rings. The van der Waals surface area contributed by atoms with Crippen LogP contribution in [0.5, 0.6) is 0 Å². The van der Waals surface area contributed by atoms with Gasteiger partial charge in [-0.25, -0.2) is 0 Å². The second-order valence-electron chi connectivity index (χ2n) is 1.93. The lowest BCUT2D eigenvalue weighted by molar-refractivity contribution is -0.111. The summed E-state index contributed by atoms with van der Waals surface area (Å²) < 4.78 is 20.6. The van der Waals surface area contributed by atoms with Crippen LogP contribution >= 0.6 is 23.2 Å². The lowest BCUT2D eigenvalue weighted by Gasteiger charge is -2.14. The Kier molecular flexibility index (Phi) is 6.14. The van der Waals surface area contributed by atoms with Gasteiger partial charge in [-0.15, -0.1) is 11.6 Å². The fourth-order valence-electron chi connectivity index (χ4n) is 0.499. The number of rotatable bonds is 5. The van der Waals surface area contributed by atoms with E-state index in [0.717, 1.165) is 0 Å². The lowest BCUT2D eigenvalue weighted by Crippen LogP contribution is -2.17. The summed E-state index contributed by atoms with van der Waals surface area (Å²) in [6.45, 7) is 0. The fourth-order valence-corrected chi connectivity index (χ4v) is 1.48. The van der Waals surface area contributed by atoms with E-state index in [1.165, 1.54) is 0 Å². The van der Waals surface area contributed by atoms with Crippen LogP contribution < -0.4 is 0 Å². The summed E-state index contributed by atoms with van der Waals surface area (Å²) in [5, 5.41) is -1.20. The molecule has 0 aliphatic rings. The van der Waals surface area contributed by atoms with Gasteiger partial charge in [-0.05, 0) is 18.0 Å². The zero-order chi connectivity index (χ0) is 8.85. The molecule has 0 saturated carbocycles. The zero-order valence-electron chi connectivity index (χ0n) is 5.59. The standard InChI is InChI=1S/C5H8Cl2O3S/c6-3-4(11(9)10)1-2-5(7)8/h4H,1-3H2,(H,9,10)/p-1. The van der Waals surface area contributed by atoms with Crippen molar-refractivity contribution in [3.63, 3.8) is 0 Å². The van der Waals surface area contributed by atoms with E-state index in [2.05, 4.69) is 0 Å². The van der Waals surface area contributed by atoms with Crippen molar-refractivity contribution in [2.75, 3.05) is 5.88 Å². The number of carbonyl (C=O) groups excluding carboxylic acids is 1. The molecule has 0 rings (SSSR count). The van der Waals surface area contributed by atoms with Gasteiger partial charge in [0.25, 0.3) is 0 Å². The highest BCUT2D eigenvalue weighted by molar-refractivity contribution is 7.79. The van der Waals surface area contributed by atoms with Crippen molar-refractivity contribution < 1.29 is 13.6 Å². The van der Waals surface area contributed by atoms with Crippen LogP contribution in [0.4, 0.5) is 0 Å². The summed E-state index contributed by atoms with van der Waals surface area (Å²) in [5.74, 6) is 0.000278. The van der Waals surface area contributed by atoms with Gasteiger partial charge in [0.1, 0.15) is 0 Å². The molecule has 0 bridgehead atoms. The van der Waals surface area contributed by atoms with Crippen LogP contribution in [-0.4, -0.2) is 25.1 Å². The first kappa shape index (κ1) is 11.4. The fraction of sp³-hybridized carbons (Fsp3) is 0.800. The predicted molar refractivity (Wildman–Crippen MR) is 43.5 cm³/mol. The Balaban J connectivity index is 3.70. The van der Waals surface area contributed by atoms with Gasteiger partial charge in [-0.2, -0.15) is 0 Å². The van der Waals surface area contributed by atoms with Gasteiger partial charge in [-0.1, -0.05) is 11.1 Å². The maximum atomic E-state index is 10.3. The molecular weight excluding hydrogens is 211 g/mol. The number of hydrogen-bond acceptors (Lipinski definition) is 3. The molecule has 3 nitrogen and oxygen atoms in total. The molecule has 0 N–H and O–H groups in total. The molecule has 2 unspecified atom stereocenters. The highest BCUT2D eigenvalue weighted by atomic mass is 35.5. The Morgan fingerprint density at radius 2 is 2.18 bits per heavy atom. The summed E-state index contributed by atoms with van der Waals surface area (Å²) in [6, 6.07) is 0. The average molecular weight is 218 g/mol. The third-order valence-corrected chi connectivity index (χ3v) is 2.80. The van der Waals surface area contributed by atoms with Crippen LogP contribution in [0, 0.1) is 0 Å². The van der Waals surface area contributed by atoms with Crippen molar-refractivity contribution in [3.05, 3.63) is 0 Å². The van der Waals surface area contributed by atoms with Crippen LogP contribution in [0.25, 0.3) is 0 Å². The van der Waals surface area contributed by atoms with Gasteiger partial charge in [0.05, 0.1) is 0 Å². The summed E-state index contributed by atoms with van der Waals surface area (Å²) in [4.78, 5) is 10.2. The summed E-state index contributed by atoms with van der Waals surface area (Å²) in [6.07, 6.45) is 0.245. The zero-order valence-corrected chi connectivity index (χ0v) is 7.92. The first-order valence-corrected chi connectivity index (χ1v) is 4.95. The topological polar surface area (TPSA) is 57.2 Å². The molecule has 0 aromatic carbocycles. The molecule has 0 aliphatic carbocycles. The largest absolute Gasteiger partial charge is 0.772 e. The van der Waals surface area contributed by atoms with Crippen LogP contribution in [0.2, 0.25) is 0 Å². The minimum atomic E-state index is -2.21. The van der Waals surface area contributed by atoms with Gasteiger partial charge in [0, 0.05) is 17.6 Å². The number of carbonyl (C=O) groups is 1. The minimum absolute atomic E-state index is 0.000278. The summed E-state index contributed by atoms with van der Waals surface area (Å²) in [5.41, 5.74) is 0. The summed E-state index contributed by atoms with van der Waals surface area (Å²) in [7, 11) is 0. The van der Waals surface area contributed by atoms with Crippen molar-refractivity contribution in [1.82, 2.24) is 0 Å². The summed E-state index contributed by atoms with van der Waals surface area (Å²) >= 11 is 8.09. The molecule has 0 heterocycles. The molecule has 2 atom stereocenters. The van der Waals surface area contributed by atoms with Gasteiger partial charge in [0.2, 0.25) is 5.24 Å². The van der Waals surface area contributed by atoms with E-state index in [1.807, 2.05) is 0 Å². The number of hydrogen-bond donors (Lipinski definition) is 0. The molecule has 6 heteroatoms. The molecular formula is C5H7Cl2O3S-. The maximum absolute atomic E-state index is 10.3. The monoisotopic (exact) mass is 217 g/mol. The van der Waals surface area contributed by atoms with E-state index in [9.17, 15) is 13.6 Å². The Bertz CT molecular complexity index is 162. The van der Waals surface area contributed by atoms with E-state index in [-0.39, 0.29) is 18.7 Å². The van der Waals surface area contributed by atoms with Crippen molar-refractivity contribution in [2.45, 2.75) is 18.1 Å². The maximum Gasteiger partial charge on any atom is 0.221 e. The molecule has 66 valence electrons. The van der Waals surface area contributed by atoms with Crippen molar-refractivity contribution in [1.29, 1.82) is 0 Å². The normalized spacial score (nSPS) is 15.9. The second kappa shape index (κ2) is 5.94. The van der Waals surface area contributed by atoms with Gasteiger partial charge in [-0.3, -0.25) is 9.00 Å². The Morgan fingerprint density at radius 3 is 2.45 bits per heavy atom. The van der Waals surface area contributed by atoms with Crippen LogP contribution in [-0.2, 0) is 15.9 Å². The molecule has 0 aromatic rings. The van der Waals surface area contributed by atoms with Gasteiger partial charge < -0.3 is 4.55 Å². The van der Waals surface area contributed by atoms with E-state index in [0.29, 0.717) is 0 Å². The Morgan fingerprint density at radius 1 is 1.64 bits per heavy atom. The molecule has 0 aromatic heterocycles. The second-order valence-corrected chi connectivity index (χ2v) is 3.85. The molecule has 0 aliphatic heterocycles. The highest BCUT2D eigenvalue weighted by Crippen LogP contribution is 2.07. The van der Waals surface area contributed by atoms with Crippen LogP contribution in [0.1, 0.15) is 12.8 Å². The average Bonchev–Trinajstić information content (AvgIpc) is 1.87. The highest BCUT2D eigenvalue weighted by Gasteiger charge is 2.09. The third-order valence-electron chi connectivity index (χ3n) is 1.11. The Labute approximate surface area is 77.3 Å². The first-order valence-electron chi connectivity index (χ1n) is 2.90.